The molecule has 1 saturated heterocycles. The predicted molar refractivity (Wildman–Crippen MR) is 94.6 cm³/mol. The highest BCUT2D eigenvalue weighted by Gasteiger charge is 2.61. The maximum Gasteiger partial charge on any atom is 0.322 e. The number of hydrogen-bond acceptors (Lipinski definition) is 11. The summed E-state index contributed by atoms with van der Waals surface area (Å²) in [5.41, 5.74) is -0.0164. The highest BCUT2D eigenvalue weighted by Crippen LogP contribution is 2.41. The van der Waals surface area contributed by atoms with Gasteiger partial charge in [-0.05, 0) is 5.92 Å². The van der Waals surface area contributed by atoms with Crippen LogP contribution >= 0.6 is 0 Å². The molecule has 30 heavy (non-hydrogen) atoms. The average Bonchev–Trinajstić information content (AvgIpc) is 2.86. The Bertz CT molecular complexity index is 891. The molecule has 0 bridgehead atoms. The first-order chi connectivity index (χ1) is 13.8. The summed E-state index contributed by atoms with van der Waals surface area (Å²) in [6.07, 6.45) is -2.40. The molecule has 14 heteroatoms. The number of amides is 3. The highest BCUT2D eigenvalue weighted by atomic mass is 16.6. The highest BCUT2D eigenvalue weighted by molar-refractivity contribution is 5.80. The Morgan fingerprint density at radius 1 is 1.30 bits per heavy atom. The van der Waals surface area contributed by atoms with E-state index in [9.17, 15) is 40.2 Å². The number of urea groups is 1. The first-order valence-corrected chi connectivity index (χ1v) is 8.86. The third-order valence-corrected chi connectivity index (χ3v) is 5.28. The minimum Gasteiger partial charge on any atom is -0.503 e. The molecule has 0 aromatic carbocycles. The lowest BCUT2D eigenvalue weighted by Crippen LogP contribution is -2.76. The predicted octanol–water partition coefficient (Wildman–Crippen LogP) is -2.92. The molecule has 0 radical (unpaired) electrons. The van der Waals surface area contributed by atoms with Crippen molar-refractivity contribution < 1.29 is 40.2 Å². The van der Waals surface area contributed by atoms with Crippen molar-refractivity contribution in [3.8, 4) is 6.07 Å². The first-order valence-electron chi connectivity index (χ1n) is 8.86. The second kappa shape index (κ2) is 6.92. The van der Waals surface area contributed by atoms with Crippen LogP contribution in [0.3, 0.4) is 0 Å². The Morgan fingerprint density at radius 2 is 1.93 bits per heavy atom. The van der Waals surface area contributed by atoms with E-state index >= 15 is 0 Å². The van der Waals surface area contributed by atoms with Crippen LogP contribution in [-0.2, 0) is 4.79 Å². The van der Waals surface area contributed by atoms with Crippen molar-refractivity contribution >= 4 is 11.9 Å². The summed E-state index contributed by atoms with van der Waals surface area (Å²) in [6.45, 7) is 1.45. The quantitative estimate of drug-likeness (QED) is 0.208. The van der Waals surface area contributed by atoms with Crippen molar-refractivity contribution in [2.24, 2.45) is 5.92 Å². The SMILES string of the molecule is CC1CC(O)(O)N(C(=O)CC#N)C(O)(O)C1N(C)C1=C2C(O)=C(O)NC2NC(=O)N1. The zero-order valence-corrected chi connectivity index (χ0v) is 16.0. The molecule has 3 unspecified atom stereocenters. The van der Waals surface area contributed by atoms with Crippen molar-refractivity contribution in [1.82, 2.24) is 25.8 Å². The van der Waals surface area contributed by atoms with Crippen LogP contribution in [0.5, 0.6) is 0 Å². The topological polar surface area (TPSA) is 222 Å². The Morgan fingerprint density at radius 3 is 2.53 bits per heavy atom. The molecule has 0 aliphatic carbocycles. The van der Waals surface area contributed by atoms with Gasteiger partial charge in [-0.15, -0.1) is 0 Å². The molecule has 3 aliphatic heterocycles. The van der Waals surface area contributed by atoms with Crippen molar-refractivity contribution in [3.63, 3.8) is 0 Å². The molecule has 1 fully saturated rings. The largest absolute Gasteiger partial charge is 0.503 e. The summed E-state index contributed by atoms with van der Waals surface area (Å²) < 4.78 is 0. The van der Waals surface area contributed by atoms with Gasteiger partial charge in [-0.25, -0.2) is 9.69 Å². The lowest BCUT2D eigenvalue weighted by Gasteiger charge is -2.55. The van der Waals surface area contributed by atoms with E-state index in [4.69, 9.17) is 5.26 Å². The Hall–Kier alpha value is -3.25. The Labute approximate surface area is 169 Å². The molecule has 3 amide bonds. The van der Waals surface area contributed by atoms with E-state index in [1.165, 1.54) is 20.0 Å². The summed E-state index contributed by atoms with van der Waals surface area (Å²) in [7, 11) is 1.31. The molecule has 14 nitrogen and oxygen atoms in total. The summed E-state index contributed by atoms with van der Waals surface area (Å²) in [6, 6.07) is -0.682. The zero-order chi connectivity index (χ0) is 22.6. The summed E-state index contributed by atoms with van der Waals surface area (Å²) >= 11 is 0. The lowest BCUT2D eigenvalue weighted by atomic mass is 9.85. The number of carbonyl (C=O) groups excluding carboxylic acids is 2. The summed E-state index contributed by atoms with van der Waals surface area (Å²) in [5, 5.41) is 78.1. The Kier molecular flexibility index (Phi) is 4.95. The number of likely N-dealkylation sites (N-methyl/N-ethyl adjacent to an activating group) is 1. The maximum atomic E-state index is 12.3. The number of nitrogens with one attached hydrogen (secondary N) is 3. The summed E-state index contributed by atoms with van der Waals surface area (Å²) in [5.74, 6) is -9.63. The van der Waals surface area contributed by atoms with E-state index in [0.717, 1.165) is 4.90 Å². The molecule has 164 valence electrons. The number of aliphatic hydroxyl groups is 6. The van der Waals surface area contributed by atoms with Gasteiger partial charge in [-0.3, -0.25) is 10.1 Å². The van der Waals surface area contributed by atoms with Gasteiger partial charge in [-0.2, -0.15) is 5.26 Å². The van der Waals surface area contributed by atoms with Gasteiger partial charge >= 0.3 is 6.03 Å². The standard InChI is InChI=1S/C16H22N6O8/c1-6-5-15(27,28)22(7(23)3-4-17)16(29,30)10(6)21(2)12-8-9(24)13(25)18-11(8)19-14(26)20-12/h6,10-11,18,24-25,27-30H,3,5H2,1-2H3,(H2,19,20,26). The van der Waals surface area contributed by atoms with Gasteiger partial charge in [0.25, 0.3) is 11.8 Å². The van der Waals surface area contributed by atoms with Crippen LogP contribution in [0.4, 0.5) is 4.79 Å². The molecule has 0 spiro atoms. The number of hydrogen-bond donors (Lipinski definition) is 9. The van der Waals surface area contributed by atoms with Gasteiger partial charge < -0.3 is 46.2 Å². The van der Waals surface area contributed by atoms with Gasteiger partial charge in [0, 0.05) is 13.5 Å². The number of aliphatic hydroxyl groups excluding tert-OH is 2. The number of fused-ring (bicyclic) bond motifs is 1. The molecule has 0 saturated carbocycles. The van der Waals surface area contributed by atoms with E-state index in [0.29, 0.717) is 0 Å². The number of piperidine rings is 1. The number of carbonyl (C=O) groups is 2. The van der Waals surface area contributed by atoms with Crippen LogP contribution in [0, 0.1) is 17.2 Å². The van der Waals surface area contributed by atoms with E-state index in [1.807, 2.05) is 0 Å². The van der Waals surface area contributed by atoms with Crippen LogP contribution in [0.15, 0.2) is 23.0 Å². The molecule has 9 N–H and O–H groups in total. The van der Waals surface area contributed by atoms with Gasteiger partial charge in [0.1, 0.15) is 24.4 Å². The van der Waals surface area contributed by atoms with E-state index < -0.39 is 66.4 Å². The monoisotopic (exact) mass is 426 g/mol. The smallest absolute Gasteiger partial charge is 0.322 e. The molecule has 3 heterocycles. The second-order valence-electron chi connectivity index (χ2n) is 7.40. The molecule has 3 atom stereocenters. The number of likely N-dealkylation sites (tertiary alicyclic amines) is 1. The van der Waals surface area contributed by atoms with E-state index in [-0.39, 0.29) is 16.3 Å². The Balaban J connectivity index is 2.08. The minimum absolute atomic E-state index is 0.00391. The fourth-order valence-corrected chi connectivity index (χ4v) is 4.24. The van der Waals surface area contributed by atoms with E-state index in [2.05, 4.69) is 16.0 Å². The average molecular weight is 426 g/mol. The molecular weight excluding hydrogens is 404 g/mol. The fourth-order valence-electron chi connectivity index (χ4n) is 4.24. The lowest BCUT2D eigenvalue weighted by molar-refractivity contribution is -0.411. The fraction of sp³-hybridized carbons (Fsp3) is 0.562. The number of nitrogens with zero attached hydrogens (tertiary/aromatic N) is 3. The minimum atomic E-state index is -3.20. The number of rotatable bonds is 3. The van der Waals surface area contributed by atoms with Gasteiger partial charge in [-0.1, -0.05) is 6.92 Å². The zero-order valence-electron chi connectivity index (χ0n) is 16.0. The van der Waals surface area contributed by atoms with Crippen molar-refractivity contribution in [2.75, 3.05) is 7.05 Å². The van der Waals surface area contributed by atoms with Crippen molar-refractivity contribution in [2.45, 2.75) is 43.8 Å². The summed E-state index contributed by atoms with van der Waals surface area (Å²) in [4.78, 5) is 25.4. The van der Waals surface area contributed by atoms with Crippen molar-refractivity contribution in [3.05, 3.63) is 23.0 Å². The van der Waals surface area contributed by atoms with Crippen molar-refractivity contribution in [1.29, 1.82) is 5.26 Å². The first kappa shape index (κ1) is 21.5. The van der Waals surface area contributed by atoms with Gasteiger partial charge in [0.2, 0.25) is 11.8 Å². The maximum absolute atomic E-state index is 12.3. The molecule has 3 aliphatic rings. The van der Waals surface area contributed by atoms with Gasteiger partial charge in [0.15, 0.2) is 5.76 Å². The second-order valence-corrected chi connectivity index (χ2v) is 7.40. The van der Waals surface area contributed by atoms with Crippen LogP contribution < -0.4 is 16.0 Å². The third kappa shape index (κ3) is 3.13. The third-order valence-electron chi connectivity index (χ3n) is 5.28. The van der Waals surface area contributed by atoms with Crippen LogP contribution in [0.2, 0.25) is 0 Å². The molecule has 0 aromatic heterocycles. The van der Waals surface area contributed by atoms with E-state index in [1.54, 1.807) is 0 Å². The van der Waals surface area contributed by atoms with Gasteiger partial charge in [0.05, 0.1) is 11.6 Å². The molecule has 3 rings (SSSR count). The van der Waals surface area contributed by atoms with Crippen LogP contribution in [0.25, 0.3) is 0 Å². The number of nitriles is 1. The van der Waals surface area contributed by atoms with Crippen LogP contribution in [-0.4, -0.2) is 83.5 Å². The molecule has 0 aromatic rings. The van der Waals surface area contributed by atoms with Crippen LogP contribution in [0.1, 0.15) is 19.8 Å². The molecular formula is C16H22N6O8. The normalized spacial score (nSPS) is 29.4.